The molecule has 0 amide bonds. The molecule has 58 heavy (non-hydrogen) atoms. The van der Waals surface area contributed by atoms with Crippen molar-refractivity contribution in [1.82, 2.24) is 0 Å². The van der Waals surface area contributed by atoms with E-state index in [2.05, 4.69) is 43.9 Å². The van der Waals surface area contributed by atoms with Crippen molar-refractivity contribution in [2.45, 2.75) is 334 Å². The summed E-state index contributed by atoms with van der Waals surface area (Å²) in [6, 6.07) is 0. The van der Waals surface area contributed by atoms with Gasteiger partial charge in [-0.3, -0.25) is 0 Å². The minimum atomic E-state index is 1.20. The molecule has 0 heterocycles. The van der Waals surface area contributed by atoms with Crippen LogP contribution < -0.4 is 0 Å². The molecule has 0 atom stereocenters. The van der Waals surface area contributed by atoms with Crippen LogP contribution in [0, 0.1) is 0 Å². The first-order chi connectivity index (χ1) is 28.9. The molecule has 0 saturated carbocycles. The Morgan fingerprint density at radius 2 is 0.328 bits per heavy atom. The predicted octanol–water partition coefficient (Wildman–Crippen LogP) is 22.2. The summed E-state index contributed by atoms with van der Waals surface area (Å²) < 4.78 is 0. The highest BCUT2D eigenvalue weighted by atomic mass is 14.0. The molecule has 0 radical (unpaired) electrons. The van der Waals surface area contributed by atoms with Crippen LogP contribution >= 0.6 is 0 Å². The summed E-state index contributed by atoms with van der Waals surface area (Å²) in [6.45, 7) is 6.12. The molecule has 0 bridgehead atoms. The smallest absolute Gasteiger partial charge is 0.0351 e. The number of rotatable bonds is 53. The summed E-state index contributed by atoms with van der Waals surface area (Å²) in [5.41, 5.74) is 0. The normalized spacial score (nSPS) is 11.9. The molecule has 0 fully saturated rings. The van der Waals surface area contributed by atoms with Crippen LogP contribution in [-0.2, 0) is 0 Å². The molecule has 0 aliphatic rings. The molecular formula is C58H112. The third-order valence-electron chi connectivity index (χ3n) is 13.1. The molecule has 0 aromatic heterocycles. The zero-order valence-corrected chi connectivity index (χ0v) is 40.7. The Bertz CT molecular complexity index is 758. The Morgan fingerprint density at radius 3 is 0.483 bits per heavy atom. The second-order valence-electron chi connectivity index (χ2n) is 19.1. The average molecular weight is 810 g/mol. The van der Waals surface area contributed by atoms with E-state index in [-0.39, 0.29) is 0 Å². The van der Waals surface area contributed by atoms with E-state index in [0.29, 0.717) is 0 Å². The zero-order chi connectivity index (χ0) is 41.6. The van der Waals surface area contributed by atoms with Crippen LogP contribution in [0.15, 0.2) is 37.0 Å². The quantitative estimate of drug-likeness (QED) is 0.0424. The number of allylic oxidation sites excluding steroid dienone is 5. The summed E-state index contributed by atoms with van der Waals surface area (Å²) in [7, 11) is 0. The summed E-state index contributed by atoms with van der Waals surface area (Å²) in [6.07, 6.45) is 85.4. The largest absolute Gasteiger partial charge is 0.103 e. The Hall–Kier alpha value is -0.780. The van der Waals surface area contributed by atoms with Gasteiger partial charge in [0.05, 0.1) is 0 Å². The summed E-state index contributed by atoms with van der Waals surface area (Å²) in [5, 5.41) is 0. The highest BCUT2D eigenvalue weighted by molar-refractivity contribution is 4.82. The van der Waals surface area contributed by atoms with E-state index in [0.717, 1.165) is 0 Å². The minimum absolute atomic E-state index is 1.20. The van der Waals surface area contributed by atoms with Gasteiger partial charge in [-0.1, -0.05) is 301 Å². The molecule has 0 unspecified atom stereocenters. The van der Waals surface area contributed by atoms with Crippen molar-refractivity contribution in [2.75, 3.05) is 0 Å². The fourth-order valence-electron chi connectivity index (χ4n) is 8.95. The third-order valence-corrected chi connectivity index (χ3v) is 13.1. The van der Waals surface area contributed by atoms with Gasteiger partial charge in [0.1, 0.15) is 0 Å². The molecule has 0 saturated heterocycles. The lowest BCUT2D eigenvalue weighted by Gasteiger charge is -2.04. The fourth-order valence-corrected chi connectivity index (χ4v) is 8.95. The second-order valence-corrected chi connectivity index (χ2v) is 19.1. The van der Waals surface area contributed by atoms with Crippen molar-refractivity contribution in [1.29, 1.82) is 0 Å². The zero-order valence-electron chi connectivity index (χ0n) is 40.7. The molecule has 0 spiro atoms. The van der Waals surface area contributed by atoms with Gasteiger partial charge in [0.15, 0.2) is 0 Å². The number of hydrogen-bond donors (Lipinski definition) is 0. The van der Waals surface area contributed by atoms with Crippen molar-refractivity contribution in [3.05, 3.63) is 37.0 Å². The van der Waals surface area contributed by atoms with Crippen LogP contribution in [0.1, 0.15) is 334 Å². The van der Waals surface area contributed by atoms with Gasteiger partial charge >= 0.3 is 0 Å². The van der Waals surface area contributed by atoms with Crippen molar-refractivity contribution >= 4 is 0 Å². The maximum absolute atomic E-state index is 3.81. The van der Waals surface area contributed by atoms with Gasteiger partial charge in [0, 0.05) is 0 Å². The standard InChI is InChI=1S/C58H112/c1-3-5-7-9-11-13-15-17-19-21-23-25-27-29-31-33-35-37-39-41-43-45-47-49-51-53-55-57-58-56-54-52-50-48-46-44-42-40-38-36-34-32-30-28-26-24-22-20-18-16-14-12-10-8-6-4-2/h3,31,33,54,56H,1,4-30,32,34-53,55,57-58H2,2H3/b33-31-,56-54-. The molecular weight excluding hydrogens is 697 g/mol. The van der Waals surface area contributed by atoms with Gasteiger partial charge in [0.2, 0.25) is 0 Å². The Kier molecular flexibility index (Phi) is 55.5. The predicted molar refractivity (Wildman–Crippen MR) is 270 cm³/mol. The Morgan fingerprint density at radius 1 is 0.190 bits per heavy atom. The molecule has 0 N–H and O–H groups in total. The number of unbranched alkanes of at least 4 members (excludes halogenated alkanes) is 48. The summed E-state index contributed by atoms with van der Waals surface area (Å²) in [5.74, 6) is 0. The van der Waals surface area contributed by atoms with Gasteiger partial charge in [-0.25, -0.2) is 0 Å². The Balaban J connectivity index is 3.13. The van der Waals surface area contributed by atoms with Crippen LogP contribution in [0.2, 0.25) is 0 Å². The van der Waals surface area contributed by atoms with Crippen LogP contribution in [0.4, 0.5) is 0 Å². The minimum Gasteiger partial charge on any atom is -0.103 e. The van der Waals surface area contributed by atoms with Crippen molar-refractivity contribution < 1.29 is 0 Å². The van der Waals surface area contributed by atoms with E-state index < -0.39 is 0 Å². The lowest BCUT2D eigenvalue weighted by Crippen LogP contribution is -1.84. The second kappa shape index (κ2) is 56.2. The van der Waals surface area contributed by atoms with E-state index in [4.69, 9.17) is 0 Å². The third kappa shape index (κ3) is 55.2. The fraction of sp³-hybridized carbons (Fsp3) is 0.897. The number of hydrogen-bond acceptors (Lipinski definition) is 0. The van der Waals surface area contributed by atoms with Gasteiger partial charge in [-0.15, -0.1) is 6.58 Å². The van der Waals surface area contributed by atoms with Gasteiger partial charge in [-0.2, -0.15) is 0 Å². The van der Waals surface area contributed by atoms with E-state index in [1.807, 2.05) is 0 Å². The molecule has 0 aliphatic heterocycles. The van der Waals surface area contributed by atoms with Crippen LogP contribution in [0.3, 0.4) is 0 Å². The lowest BCUT2D eigenvalue weighted by molar-refractivity contribution is 0.517. The molecule has 0 rings (SSSR count). The van der Waals surface area contributed by atoms with Crippen molar-refractivity contribution in [3.8, 4) is 0 Å². The van der Waals surface area contributed by atoms with Gasteiger partial charge in [0.25, 0.3) is 0 Å². The van der Waals surface area contributed by atoms with Gasteiger partial charge in [-0.05, 0) is 64.2 Å². The first kappa shape index (κ1) is 57.2. The Labute approximate surface area is 369 Å². The van der Waals surface area contributed by atoms with Crippen molar-refractivity contribution in [3.63, 3.8) is 0 Å². The lowest BCUT2D eigenvalue weighted by atomic mass is 10.0. The summed E-state index contributed by atoms with van der Waals surface area (Å²) >= 11 is 0. The maximum Gasteiger partial charge on any atom is -0.0351 e. The van der Waals surface area contributed by atoms with E-state index in [9.17, 15) is 0 Å². The first-order valence-corrected chi connectivity index (χ1v) is 27.8. The van der Waals surface area contributed by atoms with Crippen LogP contribution in [0.5, 0.6) is 0 Å². The monoisotopic (exact) mass is 809 g/mol. The average Bonchev–Trinajstić information content (AvgIpc) is 3.23. The first-order valence-electron chi connectivity index (χ1n) is 27.8. The molecule has 0 nitrogen and oxygen atoms in total. The van der Waals surface area contributed by atoms with E-state index >= 15 is 0 Å². The molecule has 0 heteroatoms. The SMILES string of the molecule is C=CCCCCCCCCCCCCC/C=C\CCCCCCCCCCCCC/C=C\CCCCCCCCCCCCCCCCCCCCCCCCCC. The molecule has 344 valence electrons. The van der Waals surface area contributed by atoms with Crippen LogP contribution in [-0.4, -0.2) is 0 Å². The topological polar surface area (TPSA) is 0 Å². The highest BCUT2D eigenvalue weighted by Crippen LogP contribution is 2.18. The highest BCUT2D eigenvalue weighted by Gasteiger charge is 1.98. The molecule has 0 aromatic rings. The molecule has 0 aliphatic carbocycles. The summed E-state index contributed by atoms with van der Waals surface area (Å²) in [4.78, 5) is 0. The molecule has 0 aromatic carbocycles. The van der Waals surface area contributed by atoms with Gasteiger partial charge < -0.3 is 0 Å². The van der Waals surface area contributed by atoms with E-state index in [1.54, 1.807) is 0 Å². The maximum atomic E-state index is 3.81. The van der Waals surface area contributed by atoms with Crippen LogP contribution in [0.25, 0.3) is 0 Å². The van der Waals surface area contributed by atoms with E-state index in [1.165, 1.54) is 327 Å². The van der Waals surface area contributed by atoms with Crippen molar-refractivity contribution in [2.24, 2.45) is 0 Å².